The summed E-state index contributed by atoms with van der Waals surface area (Å²) >= 11 is 0. The van der Waals surface area contributed by atoms with Gasteiger partial charge in [0.25, 0.3) is 0 Å². The molecular formula is C6H11N3. The summed E-state index contributed by atoms with van der Waals surface area (Å²) in [7, 11) is 0. The molecule has 0 bridgehead atoms. The highest BCUT2D eigenvalue weighted by Crippen LogP contribution is 1.83. The molecule has 3 heteroatoms. The molecule has 0 aliphatic rings. The van der Waals surface area contributed by atoms with Gasteiger partial charge in [0.15, 0.2) is 0 Å². The molecule has 0 saturated carbocycles. The second-order valence-electron chi connectivity index (χ2n) is 2.25. The van der Waals surface area contributed by atoms with Crippen molar-refractivity contribution in [2.45, 2.75) is 19.9 Å². The van der Waals surface area contributed by atoms with Crippen LogP contribution in [0.2, 0.25) is 0 Å². The minimum atomic E-state index is 0.458. The number of hydrogen-bond donors (Lipinski definition) is 1. The normalized spacial score (nSPS) is 10.1. The number of nitrogens with zero attached hydrogens (tertiary/aromatic N) is 2. The highest BCUT2D eigenvalue weighted by molar-refractivity contribution is 4.81. The van der Waals surface area contributed by atoms with Gasteiger partial charge in [0.05, 0.1) is 0 Å². The smallest absolute Gasteiger partial charge is 0.114 e. The predicted octanol–water partition coefficient (Wildman–Crippen LogP) is 0.835. The van der Waals surface area contributed by atoms with Crippen molar-refractivity contribution in [2.75, 3.05) is 5.43 Å². The highest BCUT2D eigenvalue weighted by Gasteiger charge is 1.88. The van der Waals surface area contributed by atoms with E-state index in [2.05, 4.69) is 24.3 Å². The highest BCUT2D eigenvalue weighted by atomic mass is 15.4. The third kappa shape index (κ3) is 1.76. The summed E-state index contributed by atoms with van der Waals surface area (Å²) in [5.41, 5.74) is 3.14. The fraction of sp³-hybridized carbons (Fsp3) is 0.500. The van der Waals surface area contributed by atoms with Gasteiger partial charge in [-0.3, -0.25) is 4.68 Å². The first-order chi connectivity index (χ1) is 4.29. The fourth-order valence-electron chi connectivity index (χ4n) is 0.634. The van der Waals surface area contributed by atoms with Crippen LogP contribution in [0.5, 0.6) is 0 Å². The molecule has 9 heavy (non-hydrogen) atoms. The molecule has 0 fully saturated rings. The van der Waals surface area contributed by atoms with Gasteiger partial charge in [-0.15, -0.1) is 0 Å². The van der Waals surface area contributed by atoms with Gasteiger partial charge in [-0.05, 0) is 13.8 Å². The third-order valence-electron chi connectivity index (χ3n) is 0.912. The Kier molecular flexibility index (Phi) is 1.72. The predicted molar refractivity (Wildman–Crippen MR) is 36.7 cm³/mol. The summed E-state index contributed by atoms with van der Waals surface area (Å²) in [5.74, 6) is 0. The Hall–Kier alpha value is -0.990. The van der Waals surface area contributed by atoms with Crippen LogP contribution in [0.3, 0.4) is 0 Å². The number of imidazole rings is 1. The van der Waals surface area contributed by atoms with E-state index in [9.17, 15) is 0 Å². The first-order valence-corrected chi connectivity index (χ1v) is 3.03. The van der Waals surface area contributed by atoms with Crippen LogP contribution >= 0.6 is 0 Å². The lowest BCUT2D eigenvalue weighted by Crippen LogP contribution is -2.20. The third-order valence-corrected chi connectivity index (χ3v) is 0.912. The van der Waals surface area contributed by atoms with Crippen molar-refractivity contribution in [1.82, 2.24) is 9.66 Å². The Morgan fingerprint density at radius 3 is 2.78 bits per heavy atom. The van der Waals surface area contributed by atoms with Crippen LogP contribution in [0.1, 0.15) is 13.8 Å². The molecule has 3 nitrogen and oxygen atoms in total. The van der Waals surface area contributed by atoms with E-state index in [4.69, 9.17) is 0 Å². The second-order valence-corrected chi connectivity index (χ2v) is 2.25. The zero-order chi connectivity index (χ0) is 6.69. The van der Waals surface area contributed by atoms with Crippen molar-refractivity contribution in [1.29, 1.82) is 0 Å². The lowest BCUT2D eigenvalue weighted by molar-refractivity contribution is 0.735. The van der Waals surface area contributed by atoms with Gasteiger partial charge < -0.3 is 5.43 Å². The Morgan fingerprint density at radius 2 is 2.33 bits per heavy atom. The molecule has 1 N–H and O–H groups in total. The molecule has 0 aliphatic heterocycles. The first-order valence-electron chi connectivity index (χ1n) is 3.03. The van der Waals surface area contributed by atoms with Crippen molar-refractivity contribution >= 4 is 0 Å². The molecule has 0 saturated heterocycles. The van der Waals surface area contributed by atoms with Gasteiger partial charge in [-0.1, -0.05) is 0 Å². The van der Waals surface area contributed by atoms with Crippen LogP contribution in [0.15, 0.2) is 18.7 Å². The second kappa shape index (κ2) is 2.53. The Labute approximate surface area is 54.7 Å². The summed E-state index contributed by atoms with van der Waals surface area (Å²) in [6.07, 6.45) is 5.36. The maximum Gasteiger partial charge on any atom is 0.114 e. The average molecular weight is 125 g/mol. The summed E-state index contributed by atoms with van der Waals surface area (Å²) in [6, 6.07) is 0.458. The maximum atomic E-state index is 3.88. The molecule has 0 aliphatic carbocycles. The van der Waals surface area contributed by atoms with Gasteiger partial charge in [0, 0.05) is 18.4 Å². The Morgan fingerprint density at radius 1 is 1.56 bits per heavy atom. The lowest BCUT2D eigenvalue weighted by Gasteiger charge is -2.08. The van der Waals surface area contributed by atoms with Gasteiger partial charge in [0.2, 0.25) is 0 Å². The van der Waals surface area contributed by atoms with E-state index in [1.165, 1.54) is 0 Å². The van der Waals surface area contributed by atoms with Crippen LogP contribution < -0.4 is 5.43 Å². The molecule has 0 aromatic carbocycles. The quantitative estimate of drug-likeness (QED) is 0.634. The zero-order valence-corrected chi connectivity index (χ0v) is 5.70. The number of nitrogens with one attached hydrogen (secondary N) is 1. The maximum absolute atomic E-state index is 3.88. The minimum absolute atomic E-state index is 0.458. The molecule has 1 aromatic heterocycles. The summed E-state index contributed by atoms with van der Waals surface area (Å²) in [4.78, 5) is 3.88. The molecule has 0 unspecified atom stereocenters. The fourth-order valence-corrected chi connectivity index (χ4v) is 0.634. The van der Waals surface area contributed by atoms with Crippen molar-refractivity contribution in [2.24, 2.45) is 0 Å². The Bertz CT molecular complexity index is 155. The largest absolute Gasteiger partial charge is 0.322 e. The van der Waals surface area contributed by atoms with Gasteiger partial charge in [0.1, 0.15) is 6.33 Å². The van der Waals surface area contributed by atoms with Crippen molar-refractivity contribution in [3.05, 3.63) is 18.7 Å². The molecular weight excluding hydrogens is 114 g/mol. The average Bonchev–Trinajstić information content (AvgIpc) is 2.15. The summed E-state index contributed by atoms with van der Waals surface area (Å²) in [5, 5.41) is 0. The van der Waals surface area contributed by atoms with E-state index in [0.717, 1.165) is 0 Å². The number of rotatable bonds is 2. The van der Waals surface area contributed by atoms with Crippen LogP contribution in [0.4, 0.5) is 0 Å². The molecule has 0 radical (unpaired) electrons. The number of hydrogen-bond acceptors (Lipinski definition) is 2. The van der Waals surface area contributed by atoms with E-state index in [1.807, 2.05) is 10.9 Å². The molecule has 0 spiro atoms. The monoisotopic (exact) mass is 125 g/mol. The number of aromatic nitrogens is 2. The standard InChI is InChI=1S/C6H11N3/c1-6(2)8-9-4-3-7-5-9/h3-6,8H,1-2H3. The van der Waals surface area contributed by atoms with E-state index < -0.39 is 0 Å². The lowest BCUT2D eigenvalue weighted by atomic mass is 10.4. The summed E-state index contributed by atoms with van der Waals surface area (Å²) < 4.78 is 1.84. The van der Waals surface area contributed by atoms with Crippen molar-refractivity contribution in [3.63, 3.8) is 0 Å². The van der Waals surface area contributed by atoms with Crippen LogP contribution in [0, 0.1) is 0 Å². The van der Waals surface area contributed by atoms with Crippen LogP contribution in [-0.2, 0) is 0 Å². The SMILES string of the molecule is CC(C)Nn1ccnc1. The molecule has 0 amide bonds. The molecule has 1 heterocycles. The van der Waals surface area contributed by atoms with Gasteiger partial charge >= 0.3 is 0 Å². The van der Waals surface area contributed by atoms with E-state index in [-0.39, 0.29) is 0 Å². The van der Waals surface area contributed by atoms with Crippen molar-refractivity contribution in [3.8, 4) is 0 Å². The van der Waals surface area contributed by atoms with E-state index in [0.29, 0.717) is 6.04 Å². The molecule has 1 rings (SSSR count). The van der Waals surface area contributed by atoms with E-state index in [1.54, 1.807) is 12.5 Å². The molecule has 50 valence electrons. The van der Waals surface area contributed by atoms with Crippen LogP contribution in [0.25, 0.3) is 0 Å². The Balaban J connectivity index is 2.48. The first kappa shape index (κ1) is 6.13. The molecule has 0 atom stereocenters. The minimum Gasteiger partial charge on any atom is -0.322 e. The van der Waals surface area contributed by atoms with Crippen molar-refractivity contribution < 1.29 is 0 Å². The molecule has 1 aromatic rings. The van der Waals surface area contributed by atoms with E-state index >= 15 is 0 Å². The topological polar surface area (TPSA) is 29.9 Å². The van der Waals surface area contributed by atoms with Gasteiger partial charge in [-0.25, -0.2) is 4.98 Å². The van der Waals surface area contributed by atoms with Gasteiger partial charge in [-0.2, -0.15) is 0 Å². The van der Waals surface area contributed by atoms with Crippen LogP contribution in [-0.4, -0.2) is 15.7 Å². The summed E-state index contributed by atoms with van der Waals surface area (Å²) in [6.45, 7) is 4.17. The zero-order valence-electron chi connectivity index (χ0n) is 5.70.